The highest BCUT2D eigenvalue weighted by Gasteiger charge is 1.83. The van der Waals surface area contributed by atoms with Crippen LogP contribution in [-0.2, 0) is 4.74 Å². The Kier molecular flexibility index (Phi) is 6.09. The van der Waals surface area contributed by atoms with Crippen LogP contribution in [0.2, 0.25) is 0 Å². The first-order valence-corrected chi connectivity index (χ1v) is 2.96. The maximum Gasteiger partial charge on any atom is 0.116 e. The molecule has 48 valence electrons. The van der Waals surface area contributed by atoms with Gasteiger partial charge in [-0.1, -0.05) is 13.8 Å². The van der Waals surface area contributed by atoms with Crippen LogP contribution in [0.5, 0.6) is 0 Å². The summed E-state index contributed by atoms with van der Waals surface area (Å²) in [7, 11) is 0. The largest absolute Gasteiger partial charge is 0.369 e. The molecule has 0 aromatic heterocycles. The summed E-state index contributed by atoms with van der Waals surface area (Å²) in [6, 6.07) is 0. The Morgan fingerprint density at radius 2 is 2.25 bits per heavy atom. The van der Waals surface area contributed by atoms with Gasteiger partial charge in [0.2, 0.25) is 0 Å². The highest BCUT2D eigenvalue weighted by atomic mass is 16.5. The van der Waals surface area contributed by atoms with Gasteiger partial charge in [-0.15, -0.1) is 0 Å². The first-order chi connectivity index (χ1) is 4.00. The van der Waals surface area contributed by atoms with Gasteiger partial charge in [-0.05, 0) is 12.3 Å². The second kappa shape index (κ2) is 6.50. The van der Waals surface area contributed by atoms with Crippen LogP contribution >= 0.6 is 0 Å². The van der Waals surface area contributed by atoms with E-state index in [2.05, 4.69) is 5.32 Å². The Bertz CT molecular complexity index is 53.5. The zero-order valence-corrected chi connectivity index (χ0v) is 5.48. The third kappa shape index (κ3) is 3.68. The van der Waals surface area contributed by atoms with Crippen molar-refractivity contribution in [3.05, 3.63) is 12.3 Å². The van der Waals surface area contributed by atoms with Gasteiger partial charge in [-0.25, -0.2) is 0 Å². The molecular formula is C6H13NO. The van der Waals surface area contributed by atoms with Crippen molar-refractivity contribution in [3.8, 4) is 0 Å². The van der Waals surface area contributed by atoms with Gasteiger partial charge in [0, 0.05) is 0 Å². The zero-order valence-electron chi connectivity index (χ0n) is 5.48. The molecule has 0 fully saturated rings. The summed E-state index contributed by atoms with van der Waals surface area (Å²) in [6.07, 6.45) is 3.83. The third-order valence-corrected chi connectivity index (χ3v) is 0.635. The van der Waals surface area contributed by atoms with E-state index in [0.717, 1.165) is 6.61 Å². The lowest BCUT2D eigenvalue weighted by Crippen LogP contribution is -2.15. The predicted octanol–water partition coefficient (Wildman–Crippen LogP) is 1.10. The highest BCUT2D eigenvalue weighted by molar-refractivity contribution is 4.80. The van der Waals surface area contributed by atoms with E-state index in [4.69, 9.17) is 4.74 Å². The fraction of sp³-hybridized carbons (Fsp3) is 0.667. The van der Waals surface area contributed by atoms with Gasteiger partial charge in [0.15, 0.2) is 0 Å². The normalized spacial score (nSPS) is 15.8. The van der Waals surface area contributed by atoms with Gasteiger partial charge in [0.1, 0.15) is 6.73 Å². The number of rotatable bonds is 0. The Morgan fingerprint density at radius 1 is 1.50 bits per heavy atom. The molecule has 1 N–H and O–H groups in total. The third-order valence-electron chi connectivity index (χ3n) is 0.635. The maximum absolute atomic E-state index is 4.87. The molecule has 0 saturated heterocycles. The van der Waals surface area contributed by atoms with E-state index < -0.39 is 0 Å². The van der Waals surface area contributed by atoms with Crippen molar-refractivity contribution in [2.75, 3.05) is 13.3 Å². The van der Waals surface area contributed by atoms with Crippen molar-refractivity contribution in [2.45, 2.75) is 13.8 Å². The summed E-state index contributed by atoms with van der Waals surface area (Å²) < 4.78 is 4.87. The highest BCUT2D eigenvalue weighted by Crippen LogP contribution is 1.78. The average Bonchev–Trinajstić information content (AvgIpc) is 1.96. The SMILES string of the molecule is C1=CNCOC1.CC. The van der Waals surface area contributed by atoms with E-state index in [0.29, 0.717) is 6.73 Å². The summed E-state index contributed by atoms with van der Waals surface area (Å²) in [5.74, 6) is 0. The summed E-state index contributed by atoms with van der Waals surface area (Å²) >= 11 is 0. The molecule has 0 bridgehead atoms. The summed E-state index contributed by atoms with van der Waals surface area (Å²) in [5.41, 5.74) is 0. The molecule has 0 atom stereocenters. The molecule has 0 aromatic rings. The second-order valence-corrected chi connectivity index (χ2v) is 1.12. The van der Waals surface area contributed by atoms with Crippen molar-refractivity contribution >= 4 is 0 Å². The minimum absolute atomic E-state index is 0.663. The molecule has 8 heavy (non-hydrogen) atoms. The Morgan fingerprint density at radius 3 is 2.38 bits per heavy atom. The van der Waals surface area contributed by atoms with E-state index in [-0.39, 0.29) is 0 Å². The smallest absolute Gasteiger partial charge is 0.116 e. The van der Waals surface area contributed by atoms with Crippen LogP contribution in [0.3, 0.4) is 0 Å². The van der Waals surface area contributed by atoms with E-state index in [1.807, 2.05) is 26.1 Å². The van der Waals surface area contributed by atoms with Crippen LogP contribution in [0.25, 0.3) is 0 Å². The molecule has 0 radical (unpaired) electrons. The van der Waals surface area contributed by atoms with Crippen molar-refractivity contribution < 1.29 is 4.74 Å². The summed E-state index contributed by atoms with van der Waals surface area (Å²) in [4.78, 5) is 0. The van der Waals surface area contributed by atoms with Crippen LogP contribution in [0, 0.1) is 0 Å². The number of hydrogen-bond acceptors (Lipinski definition) is 2. The topological polar surface area (TPSA) is 21.3 Å². The number of nitrogens with one attached hydrogen (secondary N) is 1. The minimum atomic E-state index is 0.663. The molecule has 0 unspecified atom stereocenters. The Balaban J connectivity index is 0.000000222. The van der Waals surface area contributed by atoms with E-state index >= 15 is 0 Å². The van der Waals surface area contributed by atoms with E-state index in [1.165, 1.54) is 0 Å². The van der Waals surface area contributed by atoms with Gasteiger partial charge >= 0.3 is 0 Å². The van der Waals surface area contributed by atoms with E-state index in [9.17, 15) is 0 Å². The monoisotopic (exact) mass is 115 g/mol. The molecule has 0 aliphatic carbocycles. The van der Waals surface area contributed by atoms with Gasteiger partial charge in [-0.2, -0.15) is 0 Å². The lowest BCUT2D eigenvalue weighted by molar-refractivity contribution is 0.142. The maximum atomic E-state index is 4.87. The molecule has 2 nitrogen and oxygen atoms in total. The van der Waals surface area contributed by atoms with Gasteiger partial charge < -0.3 is 10.1 Å². The lowest BCUT2D eigenvalue weighted by Gasteiger charge is -2.04. The van der Waals surface area contributed by atoms with Gasteiger partial charge in [0.05, 0.1) is 6.61 Å². The fourth-order valence-corrected chi connectivity index (χ4v) is 0.365. The first kappa shape index (κ1) is 7.50. The number of ether oxygens (including phenoxy) is 1. The molecule has 0 saturated carbocycles. The molecule has 0 spiro atoms. The Labute approximate surface area is 50.5 Å². The number of hydrogen-bond donors (Lipinski definition) is 1. The van der Waals surface area contributed by atoms with Gasteiger partial charge in [0.25, 0.3) is 0 Å². The molecule has 1 aliphatic heterocycles. The molecule has 1 aliphatic rings. The van der Waals surface area contributed by atoms with Crippen LogP contribution in [0.4, 0.5) is 0 Å². The summed E-state index contributed by atoms with van der Waals surface area (Å²) in [5, 5.41) is 2.88. The zero-order chi connectivity index (χ0) is 6.24. The average molecular weight is 115 g/mol. The Hall–Kier alpha value is -0.500. The van der Waals surface area contributed by atoms with Crippen molar-refractivity contribution in [2.24, 2.45) is 0 Å². The predicted molar refractivity (Wildman–Crippen MR) is 34.4 cm³/mol. The minimum Gasteiger partial charge on any atom is -0.369 e. The molecular weight excluding hydrogens is 102 g/mol. The van der Waals surface area contributed by atoms with Crippen LogP contribution < -0.4 is 5.32 Å². The van der Waals surface area contributed by atoms with Crippen molar-refractivity contribution in [3.63, 3.8) is 0 Å². The molecule has 1 heterocycles. The van der Waals surface area contributed by atoms with Crippen molar-refractivity contribution in [1.82, 2.24) is 5.32 Å². The molecule has 0 aromatic carbocycles. The van der Waals surface area contributed by atoms with Gasteiger partial charge in [-0.3, -0.25) is 0 Å². The van der Waals surface area contributed by atoms with Crippen LogP contribution in [0.1, 0.15) is 13.8 Å². The summed E-state index contributed by atoms with van der Waals surface area (Å²) in [6.45, 7) is 5.42. The molecule has 2 heteroatoms. The lowest BCUT2D eigenvalue weighted by atomic mass is 10.6. The first-order valence-electron chi connectivity index (χ1n) is 2.96. The molecule has 0 amide bonds. The fourth-order valence-electron chi connectivity index (χ4n) is 0.365. The quantitative estimate of drug-likeness (QED) is 0.510. The van der Waals surface area contributed by atoms with Crippen LogP contribution in [0.15, 0.2) is 12.3 Å². The molecule has 1 rings (SSSR count). The van der Waals surface area contributed by atoms with Crippen molar-refractivity contribution in [1.29, 1.82) is 0 Å². The second-order valence-electron chi connectivity index (χ2n) is 1.12. The van der Waals surface area contributed by atoms with E-state index in [1.54, 1.807) is 0 Å². The van der Waals surface area contributed by atoms with Crippen LogP contribution in [-0.4, -0.2) is 13.3 Å². The standard InChI is InChI=1S/C4H7NO.C2H6/c1-2-5-4-6-3-1;1-2/h1-2,5H,3-4H2;1-2H3.